The van der Waals surface area contributed by atoms with Crippen molar-refractivity contribution in [3.8, 4) is 0 Å². The van der Waals surface area contributed by atoms with Crippen molar-refractivity contribution >= 4 is 17.4 Å². The topological polar surface area (TPSA) is 59.0 Å². The molecule has 1 aliphatic heterocycles. The van der Waals surface area contributed by atoms with E-state index in [1.807, 2.05) is 57.2 Å². The molecule has 0 saturated carbocycles. The second kappa shape index (κ2) is 7.76. The van der Waals surface area contributed by atoms with Crippen LogP contribution in [0.1, 0.15) is 51.2 Å². The molecule has 0 spiro atoms. The summed E-state index contributed by atoms with van der Waals surface area (Å²) in [6, 6.07) is 11.8. The van der Waals surface area contributed by atoms with E-state index in [2.05, 4.69) is 15.7 Å². The second-order valence-electron chi connectivity index (χ2n) is 8.01. The van der Waals surface area contributed by atoms with Crippen LogP contribution in [0.15, 0.2) is 48.5 Å². The van der Waals surface area contributed by atoms with E-state index >= 15 is 0 Å². The molecule has 2 heterocycles. The van der Waals surface area contributed by atoms with Gasteiger partial charge in [0.05, 0.1) is 6.04 Å². The molecule has 2 N–H and O–H groups in total. The Bertz CT molecular complexity index is 1120. The number of amides is 1. The van der Waals surface area contributed by atoms with Gasteiger partial charge in [-0.3, -0.25) is 4.79 Å². The maximum absolute atomic E-state index is 13.8. The van der Waals surface area contributed by atoms with E-state index in [4.69, 9.17) is 0 Å². The summed E-state index contributed by atoms with van der Waals surface area (Å²) in [5.74, 6) is -0.385. The van der Waals surface area contributed by atoms with Gasteiger partial charge in [-0.05, 0) is 49.6 Å². The molecule has 1 aromatic heterocycles. The molecule has 0 radical (unpaired) electrons. The van der Waals surface area contributed by atoms with Gasteiger partial charge in [0.25, 0.3) is 5.91 Å². The van der Waals surface area contributed by atoms with Crippen molar-refractivity contribution in [1.82, 2.24) is 9.78 Å². The third kappa shape index (κ3) is 4.28. The minimum atomic E-state index is -4.49. The monoisotopic (exact) mass is 428 g/mol. The number of aromatic nitrogens is 2. The molecule has 162 valence electrons. The number of hydrogen-bond donors (Lipinski definition) is 2. The fourth-order valence-corrected chi connectivity index (χ4v) is 3.72. The van der Waals surface area contributed by atoms with Crippen LogP contribution in [0.5, 0.6) is 0 Å². The van der Waals surface area contributed by atoms with E-state index in [-0.39, 0.29) is 17.9 Å². The normalized spacial score (nSPS) is 18.3. The number of carbonyl (C=O) groups excluding carboxylic acids is 1. The maximum Gasteiger partial charge on any atom is 0.410 e. The highest BCUT2D eigenvalue weighted by molar-refractivity contribution is 6.03. The van der Waals surface area contributed by atoms with E-state index in [1.165, 1.54) is 6.07 Å². The molecular weight excluding hydrogens is 405 g/mol. The lowest BCUT2D eigenvalue weighted by atomic mass is 9.96. The van der Waals surface area contributed by atoms with Gasteiger partial charge in [-0.15, -0.1) is 0 Å². The summed E-state index contributed by atoms with van der Waals surface area (Å²) in [6.07, 6.45) is -4.70. The van der Waals surface area contributed by atoms with E-state index < -0.39 is 24.2 Å². The van der Waals surface area contributed by atoms with Gasteiger partial charge in [-0.2, -0.15) is 18.3 Å². The summed E-state index contributed by atoms with van der Waals surface area (Å²) in [7, 11) is 0. The minimum Gasteiger partial charge on any atom is -0.363 e. The predicted molar refractivity (Wildman–Crippen MR) is 113 cm³/mol. The summed E-state index contributed by atoms with van der Waals surface area (Å²) in [5.41, 5.74) is 4.36. The minimum absolute atomic E-state index is 0.0699. The smallest absolute Gasteiger partial charge is 0.363 e. The van der Waals surface area contributed by atoms with Gasteiger partial charge in [0, 0.05) is 18.2 Å². The number of halogens is 3. The zero-order valence-corrected chi connectivity index (χ0v) is 17.4. The number of benzene rings is 2. The van der Waals surface area contributed by atoms with Crippen molar-refractivity contribution in [2.45, 2.75) is 45.5 Å². The number of fused-ring (bicyclic) bond motifs is 1. The molecule has 3 aromatic rings. The summed E-state index contributed by atoms with van der Waals surface area (Å²) in [6.45, 7) is 5.80. The largest absolute Gasteiger partial charge is 0.410 e. The average molecular weight is 428 g/mol. The lowest BCUT2D eigenvalue weighted by molar-refractivity contribution is -0.173. The van der Waals surface area contributed by atoms with Crippen LogP contribution in [0, 0.1) is 20.8 Å². The highest BCUT2D eigenvalue weighted by atomic mass is 19.4. The number of alkyl halides is 3. The van der Waals surface area contributed by atoms with E-state index in [1.54, 1.807) is 6.07 Å². The number of aryl methyl sites for hydroxylation is 3. The van der Waals surface area contributed by atoms with Crippen molar-refractivity contribution in [2.24, 2.45) is 0 Å². The van der Waals surface area contributed by atoms with E-state index in [0.717, 1.165) is 26.9 Å². The van der Waals surface area contributed by atoms with Crippen LogP contribution in [0.3, 0.4) is 0 Å². The van der Waals surface area contributed by atoms with Crippen molar-refractivity contribution in [2.75, 3.05) is 10.6 Å². The first-order chi connectivity index (χ1) is 14.6. The van der Waals surface area contributed by atoms with Gasteiger partial charge in [0.15, 0.2) is 11.7 Å². The fraction of sp³-hybridized carbons (Fsp3) is 0.304. The SMILES string of the molecule is Cc1ccc([C@@H]2C[C@H](C(F)(F)F)n3nc(C(=O)Nc4ccc(C)c(C)c4)cc3N2)cc1. The number of nitrogens with zero attached hydrogens (tertiary/aromatic N) is 2. The quantitative estimate of drug-likeness (QED) is 0.561. The molecule has 8 heteroatoms. The zero-order valence-electron chi connectivity index (χ0n) is 17.4. The van der Waals surface area contributed by atoms with Crippen LogP contribution < -0.4 is 10.6 Å². The first kappa shape index (κ1) is 21.0. The molecule has 2 aromatic carbocycles. The molecule has 0 bridgehead atoms. The van der Waals surface area contributed by atoms with Crippen LogP contribution in [0.4, 0.5) is 24.7 Å². The van der Waals surface area contributed by atoms with E-state index in [9.17, 15) is 18.0 Å². The molecule has 1 aliphatic rings. The van der Waals surface area contributed by atoms with Crippen molar-refractivity contribution in [1.29, 1.82) is 0 Å². The van der Waals surface area contributed by atoms with Gasteiger partial charge >= 0.3 is 6.18 Å². The first-order valence-electron chi connectivity index (χ1n) is 10.00. The molecule has 1 amide bonds. The molecule has 0 aliphatic carbocycles. The van der Waals surface area contributed by atoms with Crippen molar-refractivity contribution < 1.29 is 18.0 Å². The van der Waals surface area contributed by atoms with E-state index in [0.29, 0.717) is 5.69 Å². The number of rotatable bonds is 3. The van der Waals surface area contributed by atoms with Gasteiger partial charge < -0.3 is 10.6 Å². The number of carbonyl (C=O) groups is 1. The van der Waals surface area contributed by atoms with Crippen LogP contribution >= 0.6 is 0 Å². The molecule has 0 unspecified atom stereocenters. The zero-order chi connectivity index (χ0) is 22.3. The molecule has 0 saturated heterocycles. The van der Waals surface area contributed by atoms with Gasteiger partial charge in [-0.1, -0.05) is 35.9 Å². The lowest BCUT2D eigenvalue weighted by Gasteiger charge is -2.33. The van der Waals surface area contributed by atoms with Gasteiger partial charge in [0.1, 0.15) is 5.82 Å². The Kier molecular flexibility index (Phi) is 5.24. The van der Waals surface area contributed by atoms with Crippen LogP contribution in [0.2, 0.25) is 0 Å². The Hall–Kier alpha value is -3.29. The molecular formula is C23H23F3N4O. The van der Waals surface area contributed by atoms with Crippen molar-refractivity contribution in [3.63, 3.8) is 0 Å². The standard InChI is InChI=1S/C23H23F3N4O/c1-13-4-7-16(8-5-13)18-11-20(23(24,25)26)30-21(28-18)12-19(29-30)22(31)27-17-9-6-14(2)15(3)10-17/h4-10,12,18,20,28H,11H2,1-3H3,(H,27,31)/t18-,20+/m0/s1. The summed E-state index contributed by atoms with van der Waals surface area (Å²) in [5, 5.41) is 9.82. The Balaban J connectivity index is 1.63. The first-order valence-corrected chi connectivity index (χ1v) is 10.00. The fourth-order valence-electron chi connectivity index (χ4n) is 3.72. The summed E-state index contributed by atoms with van der Waals surface area (Å²) in [4.78, 5) is 12.7. The summed E-state index contributed by atoms with van der Waals surface area (Å²) >= 11 is 0. The Morgan fingerprint density at radius 2 is 1.77 bits per heavy atom. The Labute approximate surface area is 178 Å². The second-order valence-corrected chi connectivity index (χ2v) is 8.01. The number of nitrogens with one attached hydrogen (secondary N) is 2. The molecule has 4 rings (SSSR count). The summed E-state index contributed by atoms with van der Waals surface area (Å²) < 4.78 is 42.3. The Morgan fingerprint density at radius 1 is 1.06 bits per heavy atom. The number of hydrogen-bond acceptors (Lipinski definition) is 3. The van der Waals surface area contributed by atoms with Gasteiger partial charge in [0.2, 0.25) is 0 Å². The average Bonchev–Trinajstić information content (AvgIpc) is 3.14. The highest BCUT2D eigenvalue weighted by Gasteiger charge is 2.46. The van der Waals surface area contributed by atoms with Crippen LogP contribution in [0.25, 0.3) is 0 Å². The maximum atomic E-state index is 13.8. The molecule has 0 fully saturated rings. The third-order valence-corrected chi connectivity index (χ3v) is 5.67. The third-order valence-electron chi connectivity index (χ3n) is 5.67. The van der Waals surface area contributed by atoms with Crippen LogP contribution in [-0.4, -0.2) is 21.9 Å². The van der Waals surface area contributed by atoms with Crippen molar-refractivity contribution in [3.05, 3.63) is 76.5 Å². The molecule has 5 nitrogen and oxygen atoms in total. The predicted octanol–water partition coefficient (Wildman–Crippen LogP) is 5.72. The highest BCUT2D eigenvalue weighted by Crippen LogP contribution is 2.43. The number of anilines is 2. The lowest BCUT2D eigenvalue weighted by Crippen LogP contribution is -2.35. The molecule has 31 heavy (non-hydrogen) atoms. The van der Waals surface area contributed by atoms with Crippen LogP contribution in [-0.2, 0) is 0 Å². The Morgan fingerprint density at radius 3 is 2.42 bits per heavy atom. The molecule has 2 atom stereocenters. The van der Waals surface area contributed by atoms with Gasteiger partial charge in [-0.25, -0.2) is 4.68 Å².